The molecule has 0 saturated heterocycles. The number of nitrogens with two attached hydrogens (primary N) is 1. The predicted molar refractivity (Wildman–Crippen MR) is 61.6 cm³/mol. The topological polar surface area (TPSA) is 72.1 Å². The Hall–Kier alpha value is -1.17. The molecule has 0 bridgehead atoms. The third kappa shape index (κ3) is 3.47. The molecule has 1 amide bonds. The molecule has 1 aromatic heterocycles. The van der Waals surface area contributed by atoms with Gasteiger partial charge in [-0.15, -0.1) is 0 Å². The van der Waals surface area contributed by atoms with Crippen LogP contribution >= 0.6 is 15.9 Å². The molecule has 82 valence electrons. The van der Waals surface area contributed by atoms with E-state index in [-0.39, 0.29) is 12.5 Å². The summed E-state index contributed by atoms with van der Waals surface area (Å²) in [6.07, 6.45) is 0. The van der Waals surface area contributed by atoms with Gasteiger partial charge >= 0.3 is 0 Å². The summed E-state index contributed by atoms with van der Waals surface area (Å²) < 4.78 is 0.702. The van der Waals surface area contributed by atoms with E-state index in [9.17, 15) is 4.79 Å². The first-order valence-electron chi connectivity index (χ1n) is 4.57. The van der Waals surface area contributed by atoms with E-state index in [0.29, 0.717) is 22.8 Å². The molecule has 6 heteroatoms. The van der Waals surface area contributed by atoms with Crippen LogP contribution in [0.25, 0.3) is 0 Å². The predicted octanol–water partition coefficient (Wildman–Crippen LogP) is 0.859. The molecule has 0 aliphatic carbocycles. The number of halogens is 1. The zero-order chi connectivity index (χ0) is 11.4. The minimum atomic E-state index is -0.371. The minimum absolute atomic E-state index is 0.166. The van der Waals surface area contributed by atoms with E-state index in [4.69, 9.17) is 5.73 Å². The fourth-order valence-electron chi connectivity index (χ4n) is 1.22. The van der Waals surface area contributed by atoms with Gasteiger partial charge in [-0.3, -0.25) is 4.79 Å². The van der Waals surface area contributed by atoms with Crippen LogP contribution in [0.15, 0.2) is 10.7 Å². The number of aryl methyl sites for hydroxylation is 1. The number of carbonyl (C=O) groups excluding carboxylic acids is 1. The minimum Gasteiger partial charge on any atom is -0.368 e. The van der Waals surface area contributed by atoms with Crippen LogP contribution in [0.5, 0.6) is 0 Å². The van der Waals surface area contributed by atoms with Crippen LogP contribution in [0.4, 0.5) is 5.82 Å². The monoisotopic (exact) mass is 272 g/mol. The number of primary amides is 1. The van der Waals surface area contributed by atoms with Crippen molar-refractivity contribution in [1.29, 1.82) is 0 Å². The number of hydrogen-bond donors (Lipinski definition) is 1. The number of amides is 1. The quantitative estimate of drug-likeness (QED) is 0.826. The van der Waals surface area contributed by atoms with Crippen LogP contribution in [-0.4, -0.2) is 29.0 Å². The first kappa shape index (κ1) is 11.9. The van der Waals surface area contributed by atoms with Gasteiger partial charge in [-0.05, 0) is 29.8 Å². The van der Waals surface area contributed by atoms with Crippen LogP contribution in [-0.2, 0) is 4.79 Å². The van der Waals surface area contributed by atoms with Gasteiger partial charge in [0.2, 0.25) is 5.91 Å². The molecule has 0 spiro atoms. The Balaban J connectivity index is 2.95. The smallest absolute Gasteiger partial charge is 0.236 e. The normalized spacial score (nSPS) is 10.1. The molecule has 0 aliphatic heterocycles. The summed E-state index contributed by atoms with van der Waals surface area (Å²) in [7, 11) is 0. The summed E-state index contributed by atoms with van der Waals surface area (Å²) in [5.74, 6) is 0.988. The van der Waals surface area contributed by atoms with Gasteiger partial charge in [0.1, 0.15) is 16.2 Å². The van der Waals surface area contributed by atoms with Gasteiger partial charge in [-0.1, -0.05) is 0 Å². The summed E-state index contributed by atoms with van der Waals surface area (Å²) >= 11 is 3.28. The van der Waals surface area contributed by atoms with E-state index in [1.165, 1.54) is 0 Å². The van der Waals surface area contributed by atoms with Gasteiger partial charge in [0.15, 0.2) is 0 Å². The van der Waals surface area contributed by atoms with Crippen LogP contribution in [0.3, 0.4) is 0 Å². The largest absolute Gasteiger partial charge is 0.368 e. The van der Waals surface area contributed by atoms with Crippen molar-refractivity contribution < 1.29 is 4.79 Å². The molecule has 1 aromatic rings. The van der Waals surface area contributed by atoms with Gasteiger partial charge in [-0.2, -0.15) is 0 Å². The molecule has 0 fully saturated rings. The first-order valence-corrected chi connectivity index (χ1v) is 5.36. The van der Waals surface area contributed by atoms with Crippen molar-refractivity contribution in [2.24, 2.45) is 5.73 Å². The lowest BCUT2D eigenvalue weighted by molar-refractivity contribution is -0.116. The zero-order valence-electron chi connectivity index (χ0n) is 8.70. The summed E-state index contributed by atoms with van der Waals surface area (Å²) in [6, 6.07) is 1.76. The Morgan fingerprint density at radius 1 is 1.60 bits per heavy atom. The molecule has 15 heavy (non-hydrogen) atoms. The highest BCUT2D eigenvalue weighted by atomic mass is 79.9. The van der Waals surface area contributed by atoms with Gasteiger partial charge in [0, 0.05) is 12.6 Å². The maximum absolute atomic E-state index is 10.8. The van der Waals surface area contributed by atoms with E-state index < -0.39 is 0 Å². The number of likely N-dealkylation sites (N-methyl/N-ethyl adjacent to an activating group) is 1. The average Bonchev–Trinajstić information content (AvgIpc) is 2.12. The van der Waals surface area contributed by atoms with Crippen LogP contribution in [0.1, 0.15) is 12.7 Å². The highest BCUT2D eigenvalue weighted by Gasteiger charge is 2.10. The second-order valence-corrected chi connectivity index (χ2v) is 3.89. The highest BCUT2D eigenvalue weighted by Crippen LogP contribution is 2.15. The van der Waals surface area contributed by atoms with Crippen molar-refractivity contribution in [3.05, 3.63) is 16.5 Å². The molecular weight excluding hydrogens is 260 g/mol. The average molecular weight is 273 g/mol. The fourth-order valence-corrected chi connectivity index (χ4v) is 1.68. The first-order chi connectivity index (χ1) is 7.02. The summed E-state index contributed by atoms with van der Waals surface area (Å²) in [5, 5.41) is 0. The maximum Gasteiger partial charge on any atom is 0.236 e. The van der Waals surface area contributed by atoms with Gasteiger partial charge in [0.25, 0.3) is 0 Å². The molecular formula is C9H13BrN4O. The fraction of sp³-hybridized carbons (Fsp3) is 0.444. The lowest BCUT2D eigenvalue weighted by atomic mass is 10.4. The molecule has 0 radical (unpaired) electrons. The lowest BCUT2D eigenvalue weighted by Crippen LogP contribution is -2.34. The number of aromatic nitrogens is 2. The molecule has 0 unspecified atom stereocenters. The zero-order valence-corrected chi connectivity index (χ0v) is 10.3. The maximum atomic E-state index is 10.8. The molecule has 0 aliphatic rings. The summed E-state index contributed by atoms with van der Waals surface area (Å²) in [6.45, 7) is 4.58. The Bertz CT molecular complexity index is 349. The Kier molecular flexibility index (Phi) is 4.02. The van der Waals surface area contributed by atoms with Crippen LogP contribution < -0.4 is 10.6 Å². The molecule has 0 aromatic carbocycles. The van der Waals surface area contributed by atoms with Crippen molar-refractivity contribution in [1.82, 2.24) is 9.97 Å². The number of nitrogens with zero attached hydrogens (tertiary/aromatic N) is 3. The van der Waals surface area contributed by atoms with Crippen molar-refractivity contribution >= 4 is 27.7 Å². The number of rotatable bonds is 4. The number of carbonyl (C=O) groups is 1. The summed E-state index contributed by atoms with van der Waals surface area (Å²) in [4.78, 5) is 21.0. The van der Waals surface area contributed by atoms with E-state index >= 15 is 0 Å². The Morgan fingerprint density at radius 2 is 2.27 bits per heavy atom. The second-order valence-electron chi connectivity index (χ2n) is 3.08. The summed E-state index contributed by atoms with van der Waals surface area (Å²) in [5.41, 5.74) is 5.15. The van der Waals surface area contributed by atoms with Gasteiger partial charge in [0.05, 0.1) is 6.54 Å². The number of hydrogen-bond acceptors (Lipinski definition) is 4. The highest BCUT2D eigenvalue weighted by molar-refractivity contribution is 9.10. The van der Waals surface area contributed by atoms with E-state index in [0.717, 1.165) is 0 Å². The second kappa shape index (κ2) is 5.06. The van der Waals surface area contributed by atoms with Gasteiger partial charge in [-0.25, -0.2) is 9.97 Å². The van der Waals surface area contributed by atoms with Gasteiger partial charge < -0.3 is 10.6 Å². The van der Waals surface area contributed by atoms with E-state index in [1.54, 1.807) is 17.9 Å². The molecule has 0 atom stereocenters. The molecule has 2 N–H and O–H groups in total. The molecule has 1 rings (SSSR count). The third-order valence-corrected chi connectivity index (χ3v) is 2.25. The standard InChI is InChI=1S/C9H13BrN4O/c1-3-14(5-8(11)15)9-4-7(10)12-6(2)13-9/h4H,3,5H2,1-2H3,(H2,11,15). The van der Waals surface area contributed by atoms with Crippen LogP contribution in [0, 0.1) is 6.92 Å². The van der Waals surface area contributed by atoms with Crippen molar-refractivity contribution in [2.45, 2.75) is 13.8 Å². The van der Waals surface area contributed by atoms with E-state index in [1.807, 2.05) is 6.92 Å². The van der Waals surface area contributed by atoms with Crippen molar-refractivity contribution in [3.8, 4) is 0 Å². The Labute approximate surface area is 96.8 Å². The Morgan fingerprint density at radius 3 is 2.73 bits per heavy atom. The third-order valence-electron chi connectivity index (χ3n) is 1.85. The molecule has 1 heterocycles. The lowest BCUT2D eigenvalue weighted by Gasteiger charge is -2.20. The molecule has 5 nitrogen and oxygen atoms in total. The van der Waals surface area contributed by atoms with Crippen molar-refractivity contribution in [3.63, 3.8) is 0 Å². The molecule has 0 saturated carbocycles. The SMILES string of the molecule is CCN(CC(N)=O)c1cc(Br)nc(C)n1. The van der Waals surface area contributed by atoms with Crippen LogP contribution in [0.2, 0.25) is 0 Å². The number of anilines is 1. The van der Waals surface area contributed by atoms with E-state index in [2.05, 4.69) is 25.9 Å². The van der Waals surface area contributed by atoms with Crippen molar-refractivity contribution in [2.75, 3.05) is 18.0 Å².